The fourth-order valence-corrected chi connectivity index (χ4v) is 2.61. The molecular formula is C18H23ClN2O3. The molecule has 1 amide bonds. The van der Waals surface area contributed by atoms with Crippen molar-refractivity contribution in [2.24, 2.45) is 0 Å². The number of piperazine rings is 1. The third-order valence-corrected chi connectivity index (χ3v) is 4.16. The molecule has 130 valence electrons. The molecule has 0 aliphatic carbocycles. The van der Waals surface area contributed by atoms with Crippen molar-refractivity contribution in [3.8, 4) is 0 Å². The summed E-state index contributed by atoms with van der Waals surface area (Å²) in [6, 6.07) is 7.35. The first-order valence-corrected chi connectivity index (χ1v) is 8.57. The van der Waals surface area contributed by atoms with Gasteiger partial charge in [-0.1, -0.05) is 29.8 Å². The van der Waals surface area contributed by atoms with Gasteiger partial charge < -0.3 is 9.64 Å². The SMILES string of the molecule is CCOC(=O)N1CCN(CCC(=O)/C=C/c2ccc(Cl)cc2)CC1. The summed E-state index contributed by atoms with van der Waals surface area (Å²) in [7, 11) is 0. The van der Waals surface area contributed by atoms with Crippen LogP contribution in [0.25, 0.3) is 6.08 Å². The number of allylic oxidation sites excluding steroid dienone is 1. The first kappa shape index (κ1) is 18.5. The molecular weight excluding hydrogens is 328 g/mol. The minimum absolute atomic E-state index is 0.0952. The minimum Gasteiger partial charge on any atom is -0.450 e. The number of benzene rings is 1. The number of ketones is 1. The lowest BCUT2D eigenvalue weighted by molar-refractivity contribution is -0.115. The van der Waals surface area contributed by atoms with Crippen molar-refractivity contribution in [3.05, 3.63) is 40.9 Å². The number of nitrogens with zero attached hydrogens (tertiary/aromatic N) is 2. The summed E-state index contributed by atoms with van der Waals surface area (Å²) in [4.78, 5) is 27.5. The van der Waals surface area contributed by atoms with E-state index in [1.165, 1.54) is 0 Å². The molecule has 0 radical (unpaired) electrons. The molecule has 1 aromatic rings. The Morgan fingerprint density at radius 1 is 1.17 bits per heavy atom. The average molecular weight is 351 g/mol. The van der Waals surface area contributed by atoms with E-state index >= 15 is 0 Å². The third-order valence-electron chi connectivity index (χ3n) is 3.90. The number of carbonyl (C=O) groups is 2. The number of hydrogen-bond donors (Lipinski definition) is 0. The Hall–Kier alpha value is -1.85. The number of halogens is 1. The maximum atomic E-state index is 12.0. The van der Waals surface area contributed by atoms with Gasteiger partial charge in [0, 0.05) is 44.2 Å². The van der Waals surface area contributed by atoms with Crippen LogP contribution >= 0.6 is 11.6 Å². The molecule has 24 heavy (non-hydrogen) atoms. The minimum atomic E-state index is -0.251. The molecule has 0 atom stereocenters. The van der Waals surface area contributed by atoms with E-state index in [4.69, 9.17) is 16.3 Å². The van der Waals surface area contributed by atoms with Crippen LogP contribution < -0.4 is 0 Å². The van der Waals surface area contributed by atoms with E-state index in [2.05, 4.69) is 4.90 Å². The van der Waals surface area contributed by atoms with Crippen molar-refractivity contribution >= 4 is 29.6 Å². The van der Waals surface area contributed by atoms with E-state index < -0.39 is 0 Å². The average Bonchev–Trinajstić information content (AvgIpc) is 2.60. The largest absolute Gasteiger partial charge is 0.450 e. The molecule has 0 aromatic heterocycles. The van der Waals surface area contributed by atoms with Gasteiger partial charge in [-0.25, -0.2) is 4.79 Å². The molecule has 5 nitrogen and oxygen atoms in total. The molecule has 1 aromatic carbocycles. The van der Waals surface area contributed by atoms with Crippen LogP contribution in [0, 0.1) is 0 Å². The summed E-state index contributed by atoms with van der Waals surface area (Å²) >= 11 is 5.83. The first-order valence-electron chi connectivity index (χ1n) is 8.19. The molecule has 1 aliphatic rings. The van der Waals surface area contributed by atoms with Crippen molar-refractivity contribution in [1.82, 2.24) is 9.80 Å². The number of carbonyl (C=O) groups excluding carboxylic acids is 2. The Morgan fingerprint density at radius 3 is 2.46 bits per heavy atom. The smallest absolute Gasteiger partial charge is 0.409 e. The lowest BCUT2D eigenvalue weighted by Gasteiger charge is -2.33. The van der Waals surface area contributed by atoms with E-state index in [0.29, 0.717) is 37.7 Å². The topological polar surface area (TPSA) is 49.9 Å². The van der Waals surface area contributed by atoms with Crippen LogP contribution in [0.5, 0.6) is 0 Å². The maximum absolute atomic E-state index is 12.0. The molecule has 1 heterocycles. The van der Waals surface area contributed by atoms with E-state index in [1.807, 2.05) is 12.1 Å². The Morgan fingerprint density at radius 2 is 1.83 bits per heavy atom. The fourth-order valence-electron chi connectivity index (χ4n) is 2.48. The predicted octanol–water partition coefficient (Wildman–Crippen LogP) is 3.09. The third kappa shape index (κ3) is 5.98. The Labute approximate surface area is 147 Å². The molecule has 0 N–H and O–H groups in total. The van der Waals surface area contributed by atoms with E-state index in [9.17, 15) is 9.59 Å². The molecule has 1 fully saturated rings. The summed E-state index contributed by atoms with van der Waals surface area (Å²) in [5, 5.41) is 0.681. The van der Waals surface area contributed by atoms with Crippen LogP contribution in [0.3, 0.4) is 0 Å². The van der Waals surface area contributed by atoms with Crippen molar-refractivity contribution in [2.45, 2.75) is 13.3 Å². The zero-order chi connectivity index (χ0) is 17.4. The quantitative estimate of drug-likeness (QED) is 0.740. The van der Waals surface area contributed by atoms with Gasteiger partial charge in [0.2, 0.25) is 0 Å². The molecule has 2 rings (SSSR count). The van der Waals surface area contributed by atoms with Gasteiger partial charge in [-0.3, -0.25) is 9.69 Å². The summed E-state index contributed by atoms with van der Waals surface area (Å²) in [6.07, 6.45) is 3.64. The van der Waals surface area contributed by atoms with Gasteiger partial charge in [-0.2, -0.15) is 0 Å². The van der Waals surface area contributed by atoms with Gasteiger partial charge in [0.1, 0.15) is 0 Å². The van der Waals surface area contributed by atoms with E-state index in [-0.39, 0.29) is 11.9 Å². The zero-order valence-corrected chi connectivity index (χ0v) is 14.7. The van der Waals surface area contributed by atoms with Gasteiger partial charge >= 0.3 is 6.09 Å². The van der Waals surface area contributed by atoms with Gasteiger partial charge in [-0.05, 0) is 30.7 Å². The van der Waals surface area contributed by atoms with Crippen molar-refractivity contribution < 1.29 is 14.3 Å². The van der Waals surface area contributed by atoms with Gasteiger partial charge in [0.25, 0.3) is 0 Å². The van der Waals surface area contributed by atoms with Crippen LogP contribution in [0.1, 0.15) is 18.9 Å². The highest BCUT2D eigenvalue weighted by molar-refractivity contribution is 6.30. The molecule has 0 bridgehead atoms. The summed E-state index contributed by atoms with van der Waals surface area (Å²) in [6.45, 7) is 5.74. The lowest BCUT2D eigenvalue weighted by atomic mass is 10.1. The maximum Gasteiger partial charge on any atom is 0.409 e. The van der Waals surface area contributed by atoms with Crippen LogP contribution in [-0.4, -0.2) is 61.0 Å². The summed E-state index contributed by atoms with van der Waals surface area (Å²) < 4.78 is 4.99. The van der Waals surface area contributed by atoms with Crippen LogP contribution in [0.4, 0.5) is 4.79 Å². The fraction of sp³-hybridized carbons (Fsp3) is 0.444. The summed E-state index contributed by atoms with van der Waals surface area (Å²) in [5.41, 5.74) is 0.954. The Bertz CT molecular complexity index is 578. The number of amides is 1. The highest BCUT2D eigenvalue weighted by Gasteiger charge is 2.21. The van der Waals surface area contributed by atoms with Crippen molar-refractivity contribution in [1.29, 1.82) is 0 Å². The molecule has 0 saturated carbocycles. The second kappa shape index (κ2) is 9.45. The van der Waals surface area contributed by atoms with Gasteiger partial charge in [0.05, 0.1) is 6.61 Å². The van der Waals surface area contributed by atoms with Crippen LogP contribution in [0.2, 0.25) is 5.02 Å². The Kier molecular flexibility index (Phi) is 7.28. The first-order chi connectivity index (χ1) is 11.6. The number of hydrogen-bond acceptors (Lipinski definition) is 4. The molecule has 1 saturated heterocycles. The van der Waals surface area contributed by atoms with E-state index in [1.54, 1.807) is 36.1 Å². The molecule has 1 aliphatic heterocycles. The molecule has 0 unspecified atom stereocenters. The number of rotatable bonds is 6. The standard InChI is InChI=1S/C18H23ClN2O3/c1-2-24-18(23)21-13-11-20(12-14-21)10-9-17(22)8-5-15-3-6-16(19)7-4-15/h3-8H,2,9-14H2,1H3/b8-5+. The second-order valence-electron chi connectivity index (χ2n) is 5.63. The summed E-state index contributed by atoms with van der Waals surface area (Å²) in [5.74, 6) is 0.0952. The predicted molar refractivity (Wildman–Crippen MR) is 95.1 cm³/mol. The number of ether oxygens (including phenoxy) is 1. The van der Waals surface area contributed by atoms with Crippen molar-refractivity contribution in [2.75, 3.05) is 39.3 Å². The zero-order valence-electron chi connectivity index (χ0n) is 13.9. The van der Waals surface area contributed by atoms with Crippen LogP contribution in [0.15, 0.2) is 30.3 Å². The molecule has 0 spiro atoms. The van der Waals surface area contributed by atoms with Crippen LogP contribution in [-0.2, 0) is 9.53 Å². The highest BCUT2D eigenvalue weighted by Crippen LogP contribution is 2.11. The highest BCUT2D eigenvalue weighted by atomic mass is 35.5. The normalized spacial score (nSPS) is 15.7. The second-order valence-corrected chi connectivity index (χ2v) is 6.07. The lowest BCUT2D eigenvalue weighted by Crippen LogP contribution is -2.49. The van der Waals surface area contributed by atoms with Crippen molar-refractivity contribution in [3.63, 3.8) is 0 Å². The van der Waals surface area contributed by atoms with Gasteiger partial charge in [0.15, 0.2) is 5.78 Å². The monoisotopic (exact) mass is 350 g/mol. The van der Waals surface area contributed by atoms with E-state index in [0.717, 1.165) is 18.7 Å². The van der Waals surface area contributed by atoms with Gasteiger partial charge in [-0.15, -0.1) is 0 Å². The Balaban J connectivity index is 1.69. The molecule has 6 heteroatoms.